The molecule has 0 spiro atoms. The van der Waals surface area contributed by atoms with Gasteiger partial charge in [-0.15, -0.1) is 24.8 Å². The van der Waals surface area contributed by atoms with Crippen LogP contribution in [0.3, 0.4) is 0 Å². The van der Waals surface area contributed by atoms with Crippen molar-refractivity contribution in [2.45, 2.75) is 59.1 Å². The molecule has 2 rings (SSSR count). The predicted molar refractivity (Wildman–Crippen MR) is 139 cm³/mol. The molecule has 0 radical (unpaired) electrons. The summed E-state index contributed by atoms with van der Waals surface area (Å²) in [4.78, 5) is 2.62. The monoisotopic (exact) mass is 488 g/mol. The zero-order valence-electron chi connectivity index (χ0n) is 18.9. The minimum atomic E-state index is 0. The van der Waals surface area contributed by atoms with Crippen molar-refractivity contribution in [3.05, 3.63) is 64.7 Å². The van der Waals surface area contributed by atoms with Crippen molar-refractivity contribution in [1.29, 1.82) is 0 Å². The van der Waals surface area contributed by atoms with Crippen LogP contribution in [0.1, 0.15) is 57.1 Å². The predicted octanol–water partition coefficient (Wildman–Crippen LogP) is 7.14. The summed E-state index contributed by atoms with van der Waals surface area (Å²) >= 11 is 5.93. The Morgan fingerprint density at radius 3 is 2.13 bits per heavy atom. The molecule has 2 aromatic carbocycles. The lowest BCUT2D eigenvalue weighted by Gasteiger charge is -2.22. The van der Waals surface area contributed by atoms with E-state index in [1.807, 2.05) is 30.3 Å². The second-order valence-corrected chi connectivity index (χ2v) is 8.08. The van der Waals surface area contributed by atoms with Crippen LogP contribution in [0.25, 0.3) is 0 Å². The van der Waals surface area contributed by atoms with E-state index in [9.17, 15) is 0 Å². The van der Waals surface area contributed by atoms with Gasteiger partial charge in [0.25, 0.3) is 0 Å². The fourth-order valence-electron chi connectivity index (χ4n) is 3.25. The molecule has 0 heterocycles. The van der Waals surface area contributed by atoms with Gasteiger partial charge in [0.05, 0.1) is 0 Å². The van der Waals surface area contributed by atoms with Crippen LogP contribution < -0.4 is 10.1 Å². The first-order chi connectivity index (χ1) is 14.2. The van der Waals surface area contributed by atoms with Gasteiger partial charge >= 0.3 is 0 Å². The van der Waals surface area contributed by atoms with E-state index in [0.717, 1.165) is 29.4 Å². The van der Waals surface area contributed by atoms with E-state index in [1.54, 1.807) is 0 Å². The van der Waals surface area contributed by atoms with Gasteiger partial charge in [-0.3, -0.25) is 0 Å². The molecule has 0 unspecified atom stereocenters. The highest BCUT2D eigenvalue weighted by atomic mass is 35.5. The summed E-state index contributed by atoms with van der Waals surface area (Å²) in [6.45, 7) is 10.7. The summed E-state index contributed by atoms with van der Waals surface area (Å²) in [6, 6.07) is 16.1. The van der Waals surface area contributed by atoms with Gasteiger partial charge in [-0.25, -0.2) is 0 Å². The molecule has 0 atom stereocenters. The SMILES string of the molecule is CCCCN(CCCC)CCCNCc1cccc(OCc2ccc(Cl)cc2)c1.Cl.Cl. The molecule has 0 aliphatic carbocycles. The van der Waals surface area contributed by atoms with E-state index >= 15 is 0 Å². The number of benzene rings is 2. The average Bonchev–Trinajstić information content (AvgIpc) is 2.75. The minimum absolute atomic E-state index is 0. The maximum absolute atomic E-state index is 5.93. The van der Waals surface area contributed by atoms with Crippen LogP contribution in [0.2, 0.25) is 5.02 Å². The maximum atomic E-state index is 5.93. The van der Waals surface area contributed by atoms with Crippen LogP contribution in [0.5, 0.6) is 5.75 Å². The molecule has 2 aromatic rings. The summed E-state index contributed by atoms with van der Waals surface area (Å²) in [5.74, 6) is 0.907. The molecule has 176 valence electrons. The molecule has 0 aromatic heterocycles. The Morgan fingerprint density at radius 2 is 1.48 bits per heavy atom. The van der Waals surface area contributed by atoms with Crippen molar-refractivity contribution >= 4 is 36.4 Å². The van der Waals surface area contributed by atoms with E-state index in [0.29, 0.717) is 6.61 Å². The van der Waals surface area contributed by atoms with E-state index < -0.39 is 0 Å². The second-order valence-electron chi connectivity index (χ2n) is 7.64. The molecule has 0 fully saturated rings. The highest BCUT2D eigenvalue weighted by Gasteiger charge is 2.04. The van der Waals surface area contributed by atoms with Gasteiger partial charge in [-0.05, 0) is 80.8 Å². The second kappa shape index (κ2) is 18.6. The molecule has 31 heavy (non-hydrogen) atoms. The molecule has 0 amide bonds. The first-order valence-corrected chi connectivity index (χ1v) is 11.5. The molecular formula is C25H39Cl3N2O. The van der Waals surface area contributed by atoms with Crippen LogP contribution in [0, 0.1) is 0 Å². The van der Waals surface area contributed by atoms with Crippen LogP contribution >= 0.6 is 36.4 Å². The fourth-order valence-corrected chi connectivity index (χ4v) is 3.38. The van der Waals surface area contributed by atoms with Crippen LogP contribution in [-0.2, 0) is 13.2 Å². The number of nitrogens with zero attached hydrogens (tertiary/aromatic N) is 1. The summed E-state index contributed by atoms with van der Waals surface area (Å²) in [6.07, 6.45) is 6.36. The van der Waals surface area contributed by atoms with Crippen molar-refractivity contribution in [2.75, 3.05) is 26.2 Å². The van der Waals surface area contributed by atoms with E-state index in [-0.39, 0.29) is 24.8 Å². The topological polar surface area (TPSA) is 24.5 Å². The van der Waals surface area contributed by atoms with Crippen LogP contribution in [-0.4, -0.2) is 31.1 Å². The molecular weight excluding hydrogens is 451 g/mol. The van der Waals surface area contributed by atoms with Gasteiger partial charge in [0.15, 0.2) is 0 Å². The Hall–Kier alpha value is -0.970. The van der Waals surface area contributed by atoms with E-state index in [1.165, 1.54) is 57.3 Å². The lowest BCUT2D eigenvalue weighted by atomic mass is 10.2. The standard InChI is InChI=1S/C25H37ClN2O.2ClH/c1-3-5-16-28(17-6-4-2)18-8-15-27-20-23-9-7-10-25(19-23)29-21-22-11-13-24(26)14-12-22;;/h7,9-14,19,27H,3-6,8,15-18,20-21H2,1-2H3;2*1H. The lowest BCUT2D eigenvalue weighted by molar-refractivity contribution is 0.261. The summed E-state index contributed by atoms with van der Waals surface area (Å²) < 4.78 is 5.93. The number of hydrogen-bond donors (Lipinski definition) is 1. The number of ether oxygens (including phenoxy) is 1. The third kappa shape index (κ3) is 13.2. The Morgan fingerprint density at radius 1 is 0.839 bits per heavy atom. The van der Waals surface area contributed by atoms with Gasteiger partial charge in [-0.2, -0.15) is 0 Å². The van der Waals surface area contributed by atoms with Crippen molar-refractivity contribution in [2.24, 2.45) is 0 Å². The number of rotatable bonds is 15. The molecule has 0 aliphatic heterocycles. The Kier molecular flexibility index (Phi) is 18.0. The number of nitrogens with one attached hydrogen (secondary N) is 1. The summed E-state index contributed by atoms with van der Waals surface area (Å²) in [5.41, 5.74) is 2.38. The number of halogens is 3. The van der Waals surface area contributed by atoms with Gasteiger partial charge in [-0.1, -0.05) is 62.6 Å². The largest absolute Gasteiger partial charge is 0.489 e. The molecule has 0 bridgehead atoms. The van der Waals surface area contributed by atoms with Gasteiger partial charge in [0.1, 0.15) is 12.4 Å². The molecule has 0 saturated carbocycles. The summed E-state index contributed by atoms with van der Waals surface area (Å²) in [7, 11) is 0. The van der Waals surface area contributed by atoms with Crippen molar-refractivity contribution in [1.82, 2.24) is 10.2 Å². The van der Waals surface area contributed by atoms with E-state index in [2.05, 4.69) is 42.3 Å². The van der Waals surface area contributed by atoms with Crippen molar-refractivity contribution in [3.8, 4) is 5.75 Å². The van der Waals surface area contributed by atoms with Crippen molar-refractivity contribution in [3.63, 3.8) is 0 Å². The van der Waals surface area contributed by atoms with Gasteiger partial charge < -0.3 is 15.0 Å². The highest BCUT2D eigenvalue weighted by Crippen LogP contribution is 2.16. The normalized spacial score (nSPS) is 10.5. The Balaban J connectivity index is 0.00000450. The third-order valence-corrected chi connectivity index (χ3v) is 5.28. The number of unbranched alkanes of at least 4 members (excludes halogenated alkanes) is 2. The number of hydrogen-bond acceptors (Lipinski definition) is 3. The molecule has 0 saturated heterocycles. The third-order valence-electron chi connectivity index (χ3n) is 5.03. The minimum Gasteiger partial charge on any atom is -0.489 e. The lowest BCUT2D eigenvalue weighted by Crippen LogP contribution is -2.29. The smallest absolute Gasteiger partial charge is 0.120 e. The molecule has 6 heteroatoms. The quantitative estimate of drug-likeness (QED) is 0.269. The summed E-state index contributed by atoms with van der Waals surface area (Å²) in [5, 5.41) is 4.33. The van der Waals surface area contributed by atoms with Crippen LogP contribution in [0.4, 0.5) is 0 Å². The zero-order chi connectivity index (χ0) is 20.7. The van der Waals surface area contributed by atoms with Crippen LogP contribution in [0.15, 0.2) is 48.5 Å². The first kappa shape index (κ1) is 30.0. The molecule has 0 aliphatic rings. The first-order valence-electron chi connectivity index (χ1n) is 11.1. The maximum Gasteiger partial charge on any atom is 0.120 e. The molecule has 3 nitrogen and oxygen atoms in total. The molecule has 1 N–H and O–H groups in total. The Bertz CT molecular complexity index is 675. The highest BCUT2D eigenvalue weighted by molar-refractivity contribution is 6.30. The van der Waals surface area contributed by atoms with E-state index in [4.69, 9.17) is 16.3 Å². The van der Waals surface area contributed by atoms with Crippen molar-refractivity contribution < 1.29 is 4.74 Å². The van der Waals surface area contributed by atoms with Gasteiger partial charge in [0.2, 0.25) is 0 Å². The average molecular weight is 490 g/mol. The fraction of sp³-hybridized carbons (Fsp3) is 0.520. The van der Waals surface area contributed by atoms with Gasteiger partial charge in [0, 0.05) is 11.6 Å². The Labute approximate surface area is 206 Å². The zero-order valence-corrected chi connectivity index (χ0v) is 21.3.